The molecule has 15 heteroatoms. The second-order valence-corrected chi connectivity index (χ2v) is 7.29. The highest BCUT2D eigenvalue weighted by Crippen LogP contribution is 2.41. The van der Waals surface area contributed by atoms with Gasteiger partial charge in [-0.1, -0.05) is 0 Å². The third-order valence-corrected chi connectivity index (χ3v) is 4.68. The summed E-state index contributed by atoms with van der Waals surface area (Å²) in [5.74, 6) is 0. The summed E-state index contributed by atoms with van der Waals surface area (Å²) in [4.78, 5) is 17.6. The Morgan fingerprint density at radius 2 is 1.26 bits per heavy atom. The van der Waals surface area contributed by atoms with Crippen molar-refractivity contribution in [2.75, 3.05) is 13.2 Å². The van der Waals surface area contributed by atoms with E-state index in [9.17, 15) is 35.2 Å². The smallest absolute Gasteiger partial charge is 0.394 e. The molecule has 0 saturated carbocycles. The Hall–Kier alpha value is -0.290. The molecule has 160 valence electrons. The first-order chi connectivity index (χ1) is 12.5. The van der Waals surface area contributed by atoms with Gasteiger partial charge in [-0.2, -0.15) is 0 Å². The number of hydrogen-bond acceptors (Lipinski definition) is 12. The van der Waals surface area contributed by atoms with Crippen molar-refractivity contribution in [3.05, 3.63) is 0 Å². The van der Waals surface area contributed by atoms with E-state index in [4.69, 9.17) is 29.1 Å². The molecule has 0 aliphatic carbocycles. The summed E-state index contributed by atoms with van der Waals surface area (Å²) in [5, 5.41) is 68.0. The first kappa shape index (κ1) is 23.0. The van der Waals surface area contributed by atoms with Crippen molar-refractivity contribution in [2.45, 2.75) is 61.4 Å². The lowest BCUT2D eigenvalue weighted by atomic mass is 9.97. The maximum absolute atomic E-state index is 10.9. The number of aliphatic hydroxyl groups is 7. The molecule has 0 aromatic carbocycles. The number of phosphoric acid groups is 1. The standard InChI is InChI=1S/C12H23O14P/c13-1-3-5(15)6(16)8(18)11(23-3)25-10-4(2-14)24-12(9(19)7(10)17)26-27(20,21)22/h3-19H,1-2H2,(H2,20,21,22)/t3-,4+,5+,6+,7+,8+,9+,10+,11+,12-/m1/s1. The van der Waals surface area contributed by atoms with Crippen molar-refractivity contribution in [3.8, 4) is 0 Å². The van der Waals surface area contributed by atoms with E-state index in [1.165, 1.54) is 0 Å². The average molecular weight is 422 g/mol. The van der Waals surface area contributed by atoms with Crippen LogP contribution in [0.1, 0.15) is 0 Å². The summed E-state index contributed by atoms with van der Waals surface area (Å²) < 4.78 is 30.4. The summed E-state index contributed by atoms with van der Waals surface area (Å²) in [6.45, 7) is -1.59. The highest BCUT2D eigenvalue weighted by molar-refractivity contribution is 7.46. The molecule has 2 saturated heterocycles. The van der Waals surface area contributed by atoms with Gasteiger partial charge < -0.3 is 59.7 Å². The van der Waals surface area contributed by atoms with Crippen LogP contribution in [0.5, 0.6) is 0 Å². The zero-order valence-electron chi connectivity index (χ0n) is 13.7. The van der Waals surface area contributed by atoms with Crippen molar-refractivity contribution < 1.29 is 68.8 Å². The lowest BCUT2D eigenvalue weighted by Gasteiger charge is -2.45. The molecular formula is C12H23O14P. The van der Waals surface area contributed by atoms with E-state index in [0.29, 0.717) is 0 Å². The number of phosphoric ester groups is 1. The molecule has 2 fully saturated rings. The minimum atomic E-state index is -5.10. The molecule has 2 rings (SSSR count). The second kappa shape index (κ2) is 9.02. The highest BCUT2D eigenvalue weighted by Gasteiger charge is 2.51. The molecule has 0 amide bonds. The molecule has 10 atom stereocenters. The number of rotatable bonds is 6. The molecule has 14 nitrogen and oxygen atoms in total. The fourth-order valence-corrected chi connectivity index (χ4v) is 3.22. The van der Waals surface area contributed by atoms with Crippen LogP contribution in [0.2, 0.25) is 0 Å². The van der Waals surface area contributed by atoms with E-state index in [1.807, 2.05) is 0 Å². The minimum Gasteiger partial charge on any atom is -0.394 e. The van der Waals surface area contributed by atoms with Crippen molar-refractivity contribution in [1.82, 2.24) is 0 Å². The van der Waals surface area contributed by atoms with Gasteiger partial charge in [0.25, 0.3) is 0 Å². The molecule has 0 bridgehead atoms. The zero-order valence-corrected chi connectivity index (χ0v) is 14.6. The Labute approximate surface area is 152 Å². The molecule has 0 spiro atoms. The van der Waals surface area contributed by atoms with Gasteiger partial charge in [0.15, 0.2) is 12.6 Å². The lowest BCUT2D eigenvalue weighted by molar-refractivity contribution is -0.353. The Bertz CT molecular complexity index is 524. The summed E-state index contributed by atoms with van der Waals surface area (Å²) in [6, 6.07) is 0. The van der Waals surface area contributed by atoms with Gasteiger partial charge in [-0.15, -0.1) is 0 Å². The van der Waals surface area contributed by atoms with Crippen LogP contribution in [0.4, 0.5) is 0 Å². The molecule has 2 aliphatic rings. The number of hydrogen-bond donors (Lipinski definition) is 9. The molecule has 9 N–H and O–H groups in total. The van der Waals surface area contributed by atoms with Crippen LogP contribution in [0, 0.1) is 0 Å². The predicted octanol–water partition coefficient (Wildman–Crippen LogP) is -5.28. The van der Waals surface area contributed by atoms with Crippen LogP contribution in [0.15, 0.2) is 0 Å². The lowest BCUT2D eigenvalue weighted by Crippen LogP contribution is -2.64. The molecule has 2 heterocycles. The largest absolute Gasteiger partial charge is 0.472 e. The summed E-state index contributed by atoms with van der Waals surface area (Å²) in [6.07, 6.45) is -17.3. The van der Waals surface area contributed by atoms with E-state index < -0.39 is 82.4 Å². The first-order valence-corrected chi connectivity index (χ1v) is 9.35. The topological polar surface area (TPSA) is 236 Å². The minimum absolute atomic E-state index is 0.737. The summed E-state index contributed by atoms with van der Waals surface area (Å²) in [5.41, 5.74) is 0. The van der Waals surface area contributed by atoms with Gasteiger partial charge in [-0.3, -0.25) is 4.52 Å². The first-order valence-electron chi connectivity index (χ1n) is 7.82. The highest BCUT2D eigenvalue weighted by atomic mass is 31.2. The van der Waals surface area contributed by atoms with Crippen molar-refractivity contribution in [2.24, 2.45) is 0 Å². The van der Waals surface area contributed by atoms with Gasteiger partial charge >= 0.3 is 7.82 Å². The molecule has 0 unspecified atom stereocenters. The average Bonchev–Trinajstić information content (AvgIpc) is 2.60. The fourth-order valence-electron chi connectivity index (χ4n) is 2.78. The molecule has 27 heavy (non-hydrogen) atoms. The van der Waals surface area contributed by atoms with Crippen LogP contribution >= 0.6 is 7.82 Å². The predicted molar refractivity (Wildman–Crippen MR) is 79.5 cm³/mol. The third kappa shape index (κ3) is 5.20. The maximum atomic E-state index is 10.9. The molecule has 0 aromatic rings. The summed E-state index contributed by atoms with van der Waals surface area (Å²) in [7, 11) is -5.10. The van der Waals surface area contributed by atoms with Gasteiger partial charge in [0.05, 0.1) is 13.2 Å². The van der Waals surface area contributed by atoms with Crippen molar-refractivity contribution in [1.29, 1.82) is 0 Å². The summed E-state index contributed by atoms with van der Waals surface area (Å²) >= 11 is 0. The van der Waals surface area contributed by atoms with Crippen LogP contribution in [-0.4, -0.2) is 120 Å². The molecule has 0 aromatic heterocycles. The quantitative estimate of drug-likeness (QED) is 0.182. The number of ether oxygens (including phenoxy) is 3. The van der Waals surface area contributed by atoms with Gasteiger partial charge in [-0.25, -0.2) is 4.57 Å². The zero-order chi connectivity index (χ0) is 20.5. The van der Waals surface area contributed by atoms with Crippen LogP contribution in [0.3, 0.4) is 0 Å². The van der Waals surface area contributed by atoms with Gasteiger partial charge in [0.2, 0.25) is 0 Å². The van der Waals surface area contributed by atoms with Gasteiger partial charge in [-0.05, 0) is 0 Å². The number of aliphatic hydroxyl groups excluding tert-OH is 7. The second-order valence-electron chi connectivity index (χ2n) is 6.10. The van der Waals surface area contributed by atoms with Crippen LogP contribution in [-0.2, 0) is 23.3 Å². The van der Waals surface area contributed by atoms with E-state index in [2.05, 4.69) is 4.52 Å². The Morgan fingerprint density at radius 1 is 0.741 bits per heavy atom. The van der Waals surface area contributed by atoms with E-state index in [1.54, 1.807) is 0 Å². The van der Waals surface area contributed by atoms with E-state index >= 15 is 0 Å². The van der Waals surface area contributed by atoms with Crippen molar-refractivity contribution >= 4 is 7.82 Å². The normalized spacial score (nSPS) is 46.4. The van der Waals surface area contributed by atoms with E-state index in [-0.39, 0.29) is 0 Å². The van der Waals surface area contributed by atoms with Crippen LogP contribution in [0.25, 0.3) is 0 Å². The van der Waals surface area contributed by atoms with E-state index in [0.717, 1.165) is 0 Å². The SMILES string of the molecule is O=P(O)(O)O[C@H]1O[C@@H](CO)[C@H](O[C@@H]2O[C@H](CO)[C@H](O)[C@H](O)[C@@H]2O)[C@@H](O)[C@@H]1O. The van der Waals surface area contributed by atoms with Crippen LogP contribution < -0.4 is 0 Å². The van der Waals surface area contributed by atoms with Gasteiger partial charge in [0.1, 0.15) is 48.8 Å². The Morgan fingerprint density at radius 3 is 1.78 bits per heavy atom. The molecule has 2 aliphatic heterocycles. The Balaban J connectivity index is 2.14. The van der Waals surface area contributed by atoms with Gasteiger partial charge in [0, 0.05) is 0 Å². The monoisotopic (exact) mass is 422 g/mol. The molecular weight excluding hydrogens is 399 g/mol. The fraction of sp³-hybridized carbons (Fsp3) is 1.00. The molecule has 0 radical (unpaired) electrons. The maximum Gasteiger partial charge on any atom is 0.472 e. The van der Waals surface area contributed by atoms with Crippen molar-refractivity contribution in [3.63, 3.8) is 0 Å². The Kier molecular flexibility index (Phi) is 7.68. The third-order valence-electron chi connectivity index (χ3n) is 4.20.